The average molecular weight is 290 g/mol. The molecule has 2 aromatic rings. The summed E-state index contributed by atoms with van der Waals surface area (Å²) < 4.78 is 1.33. The van der Waals surface area contributed by atoms with Crippen LogP contribution in [0.2, 0.25) is 0 Å². The van der Waals surface area contributed by atoms with Crippen molar-refractivity contribution in [2.45, 2.75) is 50.7 Å². The summed E-state index contributed by atoms with van der Waals surface area (Å²) in [6.45, 7) is 3.89. The lowest BCUT2D eigenvalue weighted by atomic mass is 9.88. The first-order chi connectivity index (χ1) is 10.8. The predicted octanol–water partition coefficient (Wildman–Crippen LogP) is 4.90. The van der Waals surface area contributed by atoms with Crippen LogP contribution in [0, 0.1) is 0 Å². The van der Waals surface area contributed by atoms with Gasteiger partial charge in [0.05, 0.1) is 0 Å². The molecule has 0 atom stereocenters. The fourth-order valence-electron chi connectivity index (χ4n) is 5.37. The summed E-state index contributed by atoms with van der Waals surface area (Å²) in [5.74, 6) is 0. The van der Waals surface area contributed by atoms with Gasteiger partial charge in [-0.2, -0.15) is 0 Å². The number of hydrogen-bond donors (Lipinski definition) is 0. The smallest absolute Gasteiger partial charge is 0.149 e. The molecule has 112 valence electrons. The number of quaternary nitrogens is 1. The van der Waals surface area contributed by atoms with Crippen molar-refractivity contribution < 1.29 is 4.48 Å². The fraction of sp³-hybridized carbons (Fsp3) is 0.429. The molecule has 1 nitrogen and oxygen atoms in total. The second kappa shape index (κ2) is 4.45. The van der Waals surface area contributed by atoms with Gasteiger partial charge in [0.15, 0.2) is 0 Å². The predicted molar refractivity (Wildman–Crippen MR) is 90.2 cm³/mol. The van der Waals surface area contributed by atoms with Crippen LogP contribution in [-0.4, -0.2) is 16.6 Å². The maximum atomic E-state index is 2.37. The van der Waals surface area contributed by atoms with Crippen molar-refractivity contribution in [1.29, 1.82) is 0 Å². The zero-order valence-corrected chi connectivity index (χ0v) is 13.2. The highest BCUT2D eigenvalue weighted by Gasteiger charge is 2.68. The molecule has 2 spiro atoms. The van der Waals surface area contributed by atoms with Gasteiger partial charge in [-0.3, -0.25) is 0 Å². The summed E-state index contributed by atoms with van der Waals surface area (Å²) >= 11 is 0. The van der Waals surface area contributed by atoms with Crippen molar-refractivity contribution >= 4 is 0 Å². The van der Waals surface area contributed by atoms with Gasteiger partial charge in [-0.05, 0) is 24.0 Å². The minimum Gasteiger partial charge on any atom is -0.301 e. The zero-order valence-electron chi connectivity index (χ0n) is 13.2. The number of nitrogens with zero attached hydrogens (tertiary/aromatic N) is 1. The van der Waals surface area contributed by atoms with Crippen LogP contribution >= 0.6 is 0 Å². The van der Waals surface area contributed by atoms with Gasteiger partial charge < -0.3 is 4.48 Å². The van der Waals surface area contributed by atoms with E-state index < -0.39 is 0 Å². The number of benzene rings is 2. The summed E-state index contributed by atoms with van der Waals surface area (Å²) in [6.07, 6.45) is 7.26. The molecule has 0 unspecified atom stereocenters. The number of fused-ring (bicyclic) bond motifs is 4. The Labute approximate surface area is 133 Å². The van der Waals surface area contributed by atoms with E-state index in [0.29, 0.717) is 5.54 Å². The Kier molecular flexibility index (Phi) is 2.61. The van der Waals surface area contributed by atoms with Gasteiger partial charge >= 0.3 is 0 Å². The zero-order chi connectivity index (χ0) is 14.6. The monoisotopic (exact) mass is 290 g/mol. The van der Waals surface area contributed by atoms with E-state index >= 15 is 0 Å². The molecule has 0 amide bonds. The van der Waals surface area contributed by atoms with Crippen LogP contribution < -0.4 is 0 Å². The quantitative estimate of drug-likeness (QED) is 0.478. The molecule has 1 saturated carbocycles. The van der Waals surface area contributed by atoms with Crippen LogP contribution in [0.3, 0.4) is 0 Å². The van der Waals surface area contributed by atoms with E-state index in [0.717, 1.165) is 0 Å². The maximum Gasteiger partial charge on any atom is 0.149 e. The van der Waals surface area contributed by atoms with Crippen LogP contribution in [-0.2, 0) is 13.1 Å². The molecule has 2 heterocycles. The molecule has 5 rings (SSSR count). The minimum atomic E-state index is 0.614. The Morgan fingerprint density at radius 3 is 1.82 bits per heavy atom. The van der Waals surface area contributed by atoms with Gasteiger partial charge in [-0.25, -0.2) is 0 Å². The van der Waals surface area contributed by atoms with Gasteiger partial charge in [-0.15, -0.1) is 0 Å². The summed E-state index contributed by atoms with van der Waals surface area (Å²) in [6, 6.07) is 18.2. The lowest BCUT2D eigenvalue weighted by Gasteiger charge is -2.29. The van der Waals surface area contributed by atoms with E-state index in [-0.39, 0.29) is 0 Å². The number of hydrogen-bond acceptors (Lipinski definition) is 0. The minimum absolute atomic E-state index is 0.614. The summed E-state index contributed by atoms with van der Waals surface area (Å²) in [4.78, 5) is 0. The Hall–Kier alpha value is -1.60. The molecule has 1 heteroatoms. The summed E-state index contributed by atoms with van der Waals surface area (Å²) in [5, 5.41) is 0. The van der Waals surface area contributed by atoms with Crippen LogP contribution in [0.15, 0.2) is 48.5 Å². The van der Waals surface area contributed by atoms with Crippen molar-refractivity contribution in [3.8, 4) is 11.1 Å². The highest BCUT2D eigenvalue weighted by atomic mass is 15.5. The Bertz CT molecular complexity index is 677. The normalized spacial score (nSPS) is 23.6. The third kappa shape index (κ3) is 1.69. The Balaban J connectivity index is 1.65. The molecule has 0 aromatic heterocycles. The van der Waals surface area contributed by atoms with Gasteiger partial charge in [0.2, 0.25) is 0 Å². The summed E-state index contributed by atoms with van der Waals surface area (Å²) in [7, 11) is 0. The average Bonchev–Trinajstić information content (AvgIpc) is 3.17. The first-order valence-electron chi connectivity index (χ1n) is 8.84. The van der Waals surface area contributed by atoms with Gasteiger partial charge in [-0.1, -0.05) is 55.0 Å². The molecule has 2 aliphatic heterocycles. The van der Waals surface area contributed by atoms with E-state index in [1.54, 1.807) is 11.1 Å². The first kappa shape index (κ1) is 12.9. The third-order valence-corrected chi connectivity index (χ3v) is 6.55. The van der Waals surface area contributed by atoms with Gasteiger partial charge in [0.1, 0.15) is 25.2 Å². The molecule has 0 bridgehead atoms. The lowest BCUT2D eigenvalue weighted by molar-refractivity contribution is -0.858. The van der Waals surface area contributed by atoms with Crippen LogP contribution in [0.1, 0.15) is 43.2 Å². The SMILES string of the molecule is c1ccc2c(c1)C[N+]1(Cc3ccccc3-2)CC12CCCCC2. The molecular weight excluding hydrogens is 266 g/mol. The van der Waals surface area contributed by atoms with Crippen LogP contribution in [0.25, 0.3) is 11.1 Å². The largest absolute Gasteiger partial charge is 0.301 e. The first-order valence-corrected chi connectivity index (χ1v) is 8.84. The van der Waals surface area contributed by atoms with E-state index in [1.807, 2.05) is 0 Å². The van der Waals surface area contributed by atoms with Gasteiger partial charge in [0, 0.05) is 24.0 Å². The van der Waals surface area contributed by atoms with Crippen molar-refractivity contribution in [2.24, 2.45) is 0 Å². The fourth-order valence-corrected chi connectivity index (χ4v) is 5.37. The molecular formula is C21H24N+. The van der Waals surface area contributed by atoms with Crippen molar-refractivity contribution in [3.63, 3.8) is 0 Å². The Morgan fingerprint density at radius 2 is 1.23 bits per heavy atom. The van der Waals surface area contributed by atoms with Crippen LogP contribution in [0.4, 0.5) is 0 Å². The molecule has 2 fully saturated rings. The molecule has 0 radical (unpaired) electrons. The molecule has 2 aromatic carbocycles. The third-order valence-electron chi connectivity index (χ3n) is 6.55. The van der Waals surface area contributed by atoms with E-state index in [2.05, 4.69) is 48.5 Å². The second-order valence-corrected chi connectivity index (χ2v) is 7.72. The molecule has 3 aliphatic rings. The molecule has 0 N–H and O–H groups in total. The molecule has 1 saturated heterocycles. The van der Waals surface area contributed by atoms with Gasteiger partial charge in [0.25, 0.3) is 0 Å². The second-order valence-electron chi connectivity index (χ2n) is 7.72. The number of rotatable bonds is 0. The van der Waals surface area contributed by atoms with Crippen molar-refractivity contribution in [3.05, 3.63) is 59.7 Å². The van der Waals surface area contributed by atoms with E-state index in [1.165, 1.54) is 67.3 Å². The van der Waals surface area contributed by atoms with E-state index in [9.17, 15) is 0 Å². The lowest BCUT2D eigenvalue weighted by Crippen LogP contribution is -2.36. The maximum absolute atomic E-state index is 2.37. The summed E-state index contributed by atoms with van der Waals surface area (Å²) in [5.41, 5.74) is 6.70. The Morgan fingerprint density at radius 1 is 0.682 bits per heavy atom. The molecule has 1 aliphatic carbocycles. The highest BCUT2D eigenvalue weighted by molar-refractivity contribution is 5.71. The van der Waals surface area contributed by atoms with Crippen molar-refractivity contribution in [2.75, 3.05) is 6.54 Å². The van der Waals surface area contributed by atoms with Crippen LogP contribution in [0.5, 0.6) is 0 Å². The highest BCUT2D eigenvalue weighted by Crippen LogP contribution is 2.56. The molecule has 22 heavy (non-hydrogen) atoms. The van der Waals surface area contributed by atoms with E-state index in [4.69, 9.17) is 0 Å². The topological polar surface area (TPSA) is 0 Å². The van der Waals surface area contributed by atoms with Crippen molar-refractivity contribution in [1.82, 2.24) is 0 Å². The standard InChI is InChI=1S/C21H24N/c1-6-12-21(13-7-1)16-22(21)14-17-8-2-4-10-19(17)20-11-5-3-9-18(20)15-22/h2-5,8-11H,1,6-7,12-16H2/q+1.